The summed E-state index contributed by atoms with van der Waals surface area (Å²) in [5, 5.41) is 11.2. The molecule has 3 atom stereocenters. The lowest BCUT2D eigenvalue weighted by molar-refractivity contribution is -0.125. The molecule has 0 unspecified atom stereocenters. The predicted octanol–water partition coefficient (Wildman–Crippen LogP) is 2.18. The average molecular weight is 353 g/mol. The molecule has 6 nitrogen and oxygen atoms in total. The van der Waals surface area contributed by atoms with Crippen LogP contribution in [-0.2, 0) is 17.8 Å². The Morgan fingerprint density at radius 1 is 1.31 bits per heavy atom. The van der Waals surface area contributed by atoms with Crippen molar-refractivity contribution in [1.82, 2.24) is 25.0 Å². The summed E-state index contributed by atoms with van der Waals surface area (Å²) in [6.07, 6.45) is 5.71. The fraction of sp³-hybridized carbons (Fsp3) is 0.550. The monoisotopic (exact) mass is 353 g/mol. The van der Waals surface area contributed by atoms with Crippen molar-refractivity contribution >= 4 is 5.91 Å². The van der Waals surface area contributed by atoms with Crippen LogP contribution in [0.25, 0.3) is 0 Å². The molecule has 2 saturated heterocycles. The van der Waals surface area contributed by atoms with Gasteiger partial charge in [0.25, 0.3) is 0 Å². The summed E-state index contributed by atoms with van der Waals surface area (Å²) in [6.45, 7) is 4.65. The summed E-state index contributed by atoms with van der Waals surface area (Å²) in [5.74, 6) is 1.22. The smallest absolute Gasteiger partial charge is 0.224 e. The number of benzene rings is 1. The maximum atomic E-state index is 12.9. The van der Waals surface area contributed by atoms with Crippen molar-refractivity contribution in [2.24, 2.45) is 5.92 Å². The van der Waals surface area contributed by atoms with Gasteiger partial charge in [-0.25, -0.2) is 0 Å². The van der Waals surface area contributed by atoms with Crippen molar-refractivity contribution in [2.75, 3.05) is 13.1 Å². The summed E-state index contributed by atoms with van der Waals surface area (Å²) >= 11 is 0. The summed E-state index contributed by atoms with van der Waals surface area (Å²) in [6, 6.07) is 11.4. The fourth-order valence-corrected chi connectivity index (χ4v) is 4.62. The Bertz CT molecular complexity index is 744. The summed E-state index contributed by atoms with van der Waals surface area (Å²) in [4.78, 5) is 15.4. The van der Waals surface area contributed by atoms with Gasteiger partial charge in [-0.3, -0.25) is 9.69 Å². The van der Waals surface area contributed by atoms with Crippen LogP contribution in [0.15, 0.2) is 36.7 Å². The van der Waals surface area contributed by atoms with E-state index in [0.717, 1.165) is 38.2 Å². The van der Waals surface area contributed by atoms with Crippen molar-refractivity contribution in [3.8, 4) is 0 Å². The van der Waals surface area contributed by atoms with E-state index in [1.54, 1.807) is 6.33 Å². The molecule has 1 N–H and O–H groups in total. The minimum Gasteiger partial charge on any atom is -0.355 e. The van der Waals surface area contributed by atoms with Crippen LogP contribution in [0.4, 0.5) is 0 Å². The minimum atomic E-state index is 0.0896. The number of aromatic nitrogens is 3. The highest BCUT2D eigenvalue weighted by atomic mass is 16.2. The van der Waals surface area contributed by atoms with Crippen LogP contribution in [-0.4, -0.2) is 44.7 Å². The topological polar surface area (TPSA) is 63.1 Å². The number of hydrogen-bond acceptors (Lipinski definition) is 4. The Hall–Kier alpha value is -2.21. The van der Waals surface area contributed by atoms with Gasteiger partial charge in [0, 0.05) is 31.6 Å². The van der Waals surface area contributed by atoms with Crippen molar-refractivity contribution in [3.63, 3.8) is 0 Å². The molecule has 1 aromatic heterocycles. The summed E-state index contributed by atoms with van der Waals surface area (Å²) in [5.41, 5.74) is 1.34. The Morgan fingerprint density at radius 3 is 2.96 bits per heavy atom. The van der Waals surface area contributed by atoms with Gasteiger partial charge in [0.05, 0.1) is 5.92 Å². The third-order valence-electron chi connectivity index (χ3n) is 5.89. The van der Waals surface area contributed by atoms with E-state index < -0.39 is 0 Å². The highest BCUT2D eigenvalue weighted by Crippen LogP contribution is 2.44. The summed E-state index contributed by atoms with van der Waals surface area (Å²) < 4.78 is 2.02. The number of amides is 1. The lowest BCUT2D eigenvalue weighted by Gasteiger charge is -2.24. The zero-order valence-electron chi connectivity index (χ0n) is 15.3. The van der Waals surface area contributed by atoms with Crippen LogP contribution in [0.5, 0.6) is 0 Å². The fourth-order valence-electron chi connectivity index (χ4n) is 4.62. The Morgan fingerprint density at radius 2 is 2.15 bits per heavy atom. The van der Waals surface area contributed by atoms with Gasteiger partial charge in [-0.2, -0.15) is 0 Å². The first kappa shape index (κ1) is 17.2. The zero-order valence-corrected chi connectivity index (χ0v) is 15.3. The molecule has 1 aromatic carbocycles. The number of aryl methyl sites for hydroxylation is 1. The molecule has 0 spiro atoms. The molecule has 0 bridgehead atoms. The third kappa shape index (κ3) is 3.26. The molecule has 4 rings (SSSR count). The number of carbonyl (C=O) groups is 1. The first-order valence-corrected chi connectivity index (χ1v) is 9.73. The van der Waals surface area contributed by atoms with Crippen molar-refractivity contribution in [1.29, 1.82) is 0 Å². The molecule has 0 saturated carbocycles. The van der Waals surface area contributed by atoms with Crippen LogP contribution in [0.2, 0.25) is 0 Å². The van der Waals surface area contributed by atoms with E-state index in [-0.39, 0.29) is 11.8 Å². The lowest BCUT2D eigenvalue weighted by atomic mass is 9.93. The van der Waals surface area contributed by atoms with Crippen LogP contribution in [0, 0.1) is 5.92 Å². The van der Waals surface area contributed by atoms with Gasteiger partial charge in [0.1, 0.15) is 12.2 Å². The first-order chi connectivity index (χ1) is 12.8. The van der Waals surface area contributed by atoms with Gasteiger partial charge in [-0.15, -0.1) is 10.2 Å². The molecule has 1 amide bonds. The van der Waals surface area contributed by atoms with E-state index in [1.807, 2.05) is 4.57 Å². The highest BCUT2D eigenvalue weighted by molar-refractivity contribution is 5.80. The van der Waals surface area contributed by atoms with Crippen LogP contribution in [0.1, 0.15) is 43.6 Å². The molecule has 3 heterocycles. The number of carbonyl (C=O) groups excluding carboxylic acids is 1. The van der Waals surface area contributed by atoms with E-state index in [9.17, 15) is 4.79 Å². The molecule has 0 aliphatic carbocycles. The van der Waals surface area contributed by atoms with Crippen LogP contribution in [0.3, 0.4) is 0 Å². The van der Waals surface area contributed by atoms with Crippen LogP contribution < -0.4 is 5.32 Å². The molecule has 6 heteroatoms. The first-order valence-electron chi connectivity index (χ1n) is 9.73. The number of nitrogens with one attached hydrogen (secondary N) is 1. The maximum absolute atomic E-state index is 12.9. The van der Waals surface area contributed by atoms with E-state index >= 15 is 0 Å². The Labute approximate surface area is 154 Å². The second-order valence-electron chi connectivity index (χ2n) is 7.29. The Kier molecular flexibility index (Phi) is 5.02. The number of rotatable bonds is 6. The van der Waals surface area contributed by atoms with Gasteiger partial charge in [-0.1, -0.05) is 30.3 Å². The minimum absolute atomic E-state index is 0.0896. The molecule has 26 heavy (non-hydrogen) atoms. The summed E-state index contributed by atoms with van der Waals surface area (Å²) in [7, 11) is 0. The molecule has 2 aliphatic rings. The van der Waals surface area contributed by atoms with Crippen molar-refractivity contribution < 1.29 is 4.79 Å². The lowest BCUT2D eigenvalue weighted by Crippen LogP contribution is -2.38. The SMILES string of the molecule is CCn1cnnc1CCNC(=O)[C@@H]1C[C@H](c2ccccc2)N2CCC[C@@H]12. The third-order valence-corrected chi connectivity index (χ3v) is 5.89. The zero-order chi connectivity index (χ0) is 17.9. The number of fused-ring (bicyclic) bond motifs is 1. The van der Waals surface area contributed by atoms with Gasteiger partial charge in [0.2, 0.25) is 5.91 Å². The van der Waals surface area contributed by atoms with E-state index in [1.165, 1.54) is 12.0 Å². The van der Waals surface area contributed by atoms with Gasteiger partial charge in [-0.05, 0) is 38.3 Å². The Balaban J connectivity index is 1.38. The van der Waals surface area contributed by atoms with E-state index in [2.05, 4.69) is 57.7 Å². The molecular formula is C20H27N5O. The standard InChI is InChI=1S/C20H27N5O/c1-2-24-14-22-23-19(24)10-11-21-20(26)16-13-18(15-7-4-3-5-8-15)25-12-6-9-17(16)25/h3-5,7-8,14,16-18H,2,6,9-13H2,1H3,(H,21,26)/t16-,17+,18-/m1/s1. The van der Waals surface area contributed by atoms with E-state index in [0.29, 0.717) is 18.6 Å². The molecule has 2 aromatic rings. The molecule has 0 radical (unpaired) electrons. The highest BCUT2D eigenvalue weighted by Gasteiger charge is 2.46. The molecule has 2 aliphatic heterocycles. The van der Waals surface area contributed by atoms with Gasteiger partial charge in [0.15, 0.2) is 0 Å². The maximum Gasteiger partial charge on any atom is 0.224 e. The molecule has 2 fully saturated rings. The second kappa shape index (κ2) is 7.58. The quantitative estimate of drug-likeness (QED) is 0.865. The van der Waals surface area contributed by atoms with Crippen LogP contribution >= 0.6 is 0 Å². The van der Waals surface area contributed by atoms with Gasteiger partial charge >= 0.3 is 0 Å². The average Bonchev–Trinajstić information content (AvgIpc) is 3.38. The van der Waals surface area contributed by atoms with Crippen molar-refractivity contribution in [3.05, 3.63) is 48.0 Å². The van der Waals surface area contributed by atoms with Crippen molar-refractivity contribution in [2.45, 2.75) is 51.2 Å². The van der Waals surface area contributed by atoms with Gasteiger partial charge < -0.3 is 9.88 Å². The largest absolute Gasteiger partial charge is 0.355 e. The predicted molar refractivity (Wildman–Crippen MR) is 99.4 cm³/mol. The normalized spacial score (nSPS) is 25.3. The number of hydrogen-bond donors (Lipinski definition) is 1. The molecule has 138 valence electrons. The second-order valence-corrected chi connectivity index (χ2v) is 7.29. The number of nitrogens with zero attached hydrogens (tertiary/aromatic N) is 4. The molecular weight excluding hydrogens is 326 g/mol. The van der Waals surface area contributed by atoms with E-state index in [4.69, 9.17) is 0 Å².